The van der Waals surface area contributed by atoms with Crippen LogP contribution in [-0.4, -0.2) is 30.0 Å². The number of aromatic nitrogens is 6. The third-order valence-electron chi connectivity index (χ3n) is 3.82. The molecule has 0 radical (unpaired) electrons. The molecule has 0 aliphatic carbocycles. The minimum absolute atomic E-state index is 0.692. The van der Waals surface area contributed by atoms with Crippen LogP contribution < -0.4 is 0 Å². The Hall–Kier alpha value is -3.28. The summed E-state index contributed by atoms with van der Waals surface area (Å²) < 4.78 is 1.75. The number of tetrazole rings is 1. The van der Waals surface area contributed by atoms with Crippen molar-refractivity contribution in [3.8, 4) is 11.4 Å². The number of hydrogen-bond acceptors (Lipinski definition) is 4. The average Bonchev–Trinajstić information content (AvgIpc) is 3.21. The second kappa shape index (κ2) is 4.11. The van der Waals surface area contributed by atoms with Gasteiger partial charge in [0.2, 0.25) is 0 Å². The van der Waals surface area contributed by atoms with Gasteiger partial charge >= 0.3 is 0 Å². The van der Waals surface area contributed by atoms with Crippen molar-refractivity contribution < 1.29 is 0 Å². The molecule has 1 N–H and O–H groups in total. The molecule has 0 spiro atoms. The lowest BCUT2D eigenvalue weighted by molar-refractivity contribution is 0.842. The van der Waals surface area contributed by atoms with Crippen molar-refractivity contribution in [3.05, 3.63) is 54.6 Å². The van der Waals surface area contributed by atoms with Crippen LogP contribution >= 0.6 is 0 Å². The van der Waals surface area contributed by atoms with E-state index in [4.69, 9.17) is 0 Å². The van der Waals surface area contributed by atoms with Gasteiger partial charge in [0.15, 0.2) is 5.65 Å². The van der Waals surface area contributed by atoms with Gasteiger partial charge in [-0.15, -0.1) is 5.10 Å². The first kappa shape index (κ1) is 11.4. The SMILES string of the molecule is c1ccc2c(c1)cc(-c1nc3ccccc3[nH]1)c1nnnn12. The molecule has 104 valence electrons. The second-order valence-electron chi connectivity index (χ2n) is 5.13. The van der Waals surface area contributed by atoms with Gasteiger partial charge in [-0.25, -0.2) is 4.98 Å². The fourth-order valence-electron chi connectivity index (χ4n) is 2.79. The Labute approximate surface area is 124 Å². The van der Waals surface area contributed by atoms with Crippen LogP contribution in [0.15, 0.2) is 54.6 Å². The van der Waals surface area contributed by atoms with Crippen LogP contribution in [0.1, 0.15) is 0 Å². The van der Waals surface area contributed by atoms with Crippen molar-refractivity contribution in [2.24, 2.45) is 0 Å². The Morgan fingerprint density at radius 3 is 2.77 bits per heavy atom. The Bertz CT molecular complexity index is 1100. The molecule has 0 saturated heterocycles. The first-order chi connectivity index (χ1) is 10.9. The highest BCUT2D eigenvalue weighted by Gasteiger charge is 2.14. The molecular weight excluding hydrogens is 276 g/mol. The molecule has 3 aromatic heterocycles. The Morgan fingerprint density at radius 1 is 0.955 bits per heavy atom. The monoisotopic (exact) mass is 286 g/mol. The summed E-state index contributed by atoms with van der Waals surface area (Å²) in [6.45, 7) is 0. The van der Waals surface area contributed by atoms with Gasteiger partial charge in [0.1, 0.15) is 5.82 Å². The lowest BCUT2D eigenvalue weighted by atomic mass is 10.1. The maximum absolute atomic E-state index is 4.66. The van der Waals surface area contributed by atoms with Gasteiger partial charge in [0, 0.05) is 5.39 Å². The highest BCUT2D eigenvalue weighted by molar-refractivity contribution is 5.91. The molecule has 0 amide bonds. The molecule has 0 fully saturated rings. The van der Waals surface area contributed by atoms with Crippen LogP contribution in [-0.2, 0) is 0 Å². The number of nitrogens with zero attached hydrogens (tertiary/aromatic N) is 5. The Balaban J connectivity index is 1.90. The minimum Gasteiger partial charge on any atom is -0.338 e. The van der Waals surface area contributed by atoms with Crippen LogP contribution in [0.5, 0.6) is 0 Å². The molecule has 2 aromatic carbocycles. The van der Waals surface area contributed by atoms with E-state index in [9.17, 15) is 0 Å². The molecule has 3 heterocycles. The predicted octanol–water partition coefficient (Wildman–Crippen LogP) is 2.82. The summed E-state index contributed by atoms with van der Waals surface area (Å²) >= 11 is 0. The average molecular weight is 286 g/mol. The van der Waals surface area contributed by atoms with Crippen LogP contribution in [0.25, 0.3) is 39.0 Å². The van der Waals surface area contributed by atoms with Crippen molar-refractivity contribution in [1.82, 2.24) is 30.0 Å². The number of benzene rings is 2. The molecule has 0 atom stereocenters. The summed E-state index contributed by atoms with van der Waals surface area (Å²) in [6.07, 6.45) is 0. The van der Waals surface area contributed by atoms with Crippen molar-refractivity contribution in [2.45, 2.75) is 0 Å². The summed E-state index contributed by atoms with van der Waals surface area (Å²) in [7, 11) is 0. The predicted molar refractivity (Wildman–Crippen MR) is 83.4 cm³/mol. The van der Waals surface area contributed by atoms with E-state index in [1.54, 1.807) is 4.52 Å². The van der Waals surface area contributed by atoms with E-state index in [1.807, 2.05) is 48.5 Å². The molecule has 0 aliphatic heterocycles. The normalized spacial score (nSPS) is 11.6. The molecule has 5 aromatic rings. The number of nitrogens with one attached hydrogen (secondary N) is 1. The number of pyridine rings is 1. The molecule has 6 heteroatoms. The second-order valence-corrected chi connectivity index (χ2v) is 5.13. The van der Waals surface area contributed by atoms with E-state index in [1.165, 1.54) is 0 Å². The Morgan fingerprint density at radius 2 is 1.82 bits per heavy atom. The molecule has 22 heavy (non-hydrogen) atoms. The fourth-order valence-corrected chi connectivity index (χ4v) is 2.79. The van der Waals surface area contributed by atoms with Gasteiger partial charge < -0.3 is 4.98 Å². The topological polar surface area (TPSA) is 71.8 Å². The van der Waals surface area contributed by atoms with Gasteiger partial charge in [0.25, 0.3) is 0 Å². The maximum Gasteiger partial charge on any atom is 0.190 e. The van der Waals surface area contributed by atoms with Crippen LogP contribution in [0, 0.1) is 0 Å². The van der Waals surface area contributed by atoms with E-state index in [2.05, 4.69) is 31.6 Å². The highest BCUT2D eigenvalue weighted by Crippen LogP contribution is 2.27. The quantitative estimate of drug-likeness (QED) is 0.514. The largest absolute Gasteiger partial charge is 0.338 e. The van der Waals surface area contributed by atoms with Crippen LogP contribution in [0.2, 0.25) is 0 Å². The van der Waals surface area contributed by atoms with Crippen LogP contribution in [0.4, 0.5) is 0 Å². The van der Waals surface area contributed by atoms with Crippen LogP contribution in [0.3, 0.4) is 0 Å². The lowest BCUT2D eigenvalue weighted by Gasteiger charge is -2.03. The first-order valence-corrected chi connectivity index (χ1v) is 6.95. The standard InChI is InChI=1S/C16H10N6/c1-4-8-14-10(5-1)9-11(16-19-20-21-22(14)16)15-17-12-6-2-3-7-13(12)18-15/h1-9H,(H,17,18). The number of fused-ring (bicyclic) bond motifs is 4. The molecule has 0 bridgehead atoms. The number of hydrogen-bond donors (Lipinski definition) is 1. The van der Waals surface area contributed by atoms with Crippen molar-refractivity contribution in [1.29, 1.82) is 0 Å². The highest BCUT2D eigenvalue weighted by atomic mass is 15.5. The first-order valence-electron chi connectivity index (χ1n) is 6.95. The number of rotatable bonds is 1. The molecular formula is C16H10N6. The van der Waals surface area contributed by atoms with Gasteiger partial charge in [0.05, 0.1) is 22.1 Å². The fraction of sp³-hybridized carbons (Fsp3) is 0. The Kier molecular flexibility index (Phi) is 2.13. The number of H-pyrrole nitrogens is 1. The third-order valence-corrected chi connectivity index (χ3v) is 3.82. The van der Waals surface area contributed by atoms with Gasteiger partial charge in [-0.2, -0.15) is 4.52 Å². The summed E-state index contributed by atoms with van der Waals surface area (Å²) in [6, 6.07) is 18.0. The van der Waals surface area contributed by atoms with E-state index in [0.717, 1.165) is 33.3 Å². The van der Waals surface area contributed by atoms with Crippen molar-refractivity contribution >= 4 is 27.6 Å². The zero-order valence-corrected chi connectivity index (χ0v) is 11.4. The van der Waals surface area contributed by atoms with E-state index >= 15 is 0 Å². The van der Waals surface area contributed by atoms with E-state index in [-0.39, 0.29) is 0 Å². The molecule has 6 nitrogen and oxygen atoms in total. The summed E-state index contributed by atoms with van der Waals surface area (Å²) in [5.41, 5.74) is 4.48. The minimum atomic E-state index is 0.692. The third kappa shape index (κ3) is 1.49. The lowest BCUT2D eigenvalue weighted by Crippen LogP contribution is -1.94. The zero-order chi connectivity index (χ0) is 14.5. The summed E-state index contributed by atoms with van der Waals surface area (Å²) in [4.78, 5) is 7.99. The maximum atomic E-state index is 4.66. The number of aromatic amines is 1. The molecule has 0 saturated carbocycles. The molecule has 0 aliphatic rings. The van der Waals surface area contributed by atoms with Gasteiger partial charge in [-0.1, -0.05) is 30.3 Å². The number of para-hydroxylation sites is 3. The summed E-state index contributed by atoms with van der Waals surface area (Å²) in [5.74, 6) is 0.770. The van der Waals surface area contributed by atoms with E-state index < -0.39 is 0 Å². The molecule has 0 unspecified atom stereocenters. The van der Waals surface area contributed by atoms with Gasteiger partial charge in [-0.3, -0.25) is 0 Å². The van der Waals surface area contributed by atoms with Crippen molar-refractivity contribution in [3.63, 3.8) is 0 Å². The zero-order valence-electron chi connectivity index (χ0n) is 11.4. The number of imidazole rings is 1. The van der Waals surface area contributed by atoms with E-state index in [0.29, 0.717) is 5.65 Å². The summed E-state index contributed by atoms with van der Waals surface area (Å²) in [5, 5.41) is 13.1. The van der Waals surface area contributed by atoms with Gasteiger partial charge in [-0.05, 0) is 34.7 Å². The smallest absolute Gasteiger partial charge is 0.190 e. The van der Waals surface area contributed by atoms with Crippen molar-refractivity contribution in [2.75, 3.05) is 0 Å². The molecule has 5 rings (SSSR count).